The summed E-state index contributed by atoms with van der Waals surface area (Å²) < 4.78 is 0. The van der Waals surface area contributed by atoms with Gasteiger partial charge in [-0.05, 0) is 35.8 Å². The van der Waals surface area contributed by atoms with E-state index in [2.05, 4.69) is 28.2 Å². The molecule has 0 amide bonds. The lowest BCUT2D eigenvalue weighted by Crippen LogP contribution is -2.07. The number of hydrogen-bond acceptors (Lipinski definition) is 2. The van der Waals surface area contributed by atoms with Crippen molar-refractivity contribution >= 4 is 17.4 Å². The molecule has 0 heterocycles. The summed E-state index contributed by atoms with van der Waals surface area (Å²) in [5.74, 6) is 3.05. The Bertz CT molecular complexity index is 316. The largest absolute Gasteiger partial charge is 0.378 e. The Kier molecular flexibility index (Phi) is 3.72. The van der Waals surface area contributed by atoms with Crippen molar-refractivity contribution < 1.29 is 0 Å². The lowest BCUT2D eigenvalue weighted by Gasteiger charge is -2.11. The van der Waals surface area contributed by atoms with Crippen LogP contribution >= 0.6 is 11.8 Å². The number of hydrogen-bond donors (Lipinski definition) is 0. The van der Waals surface area contributed by atoms with Crippen LogP contribution in [-0.2, 0) is 0 Å². The third-order valence-electron chi connectivity index (χ3n) is 1.68. The minimum Gasteiger partial charge on any atom is -0.378 e. The Labute approximate surface area is 84.1 Å². The molecule has 0 aliphatic rings. The minimum atomic E-state index is 1.07. The molecule has 0 saturated heterocycles. The smallest absolute Gasteiger partial charge is 0.0361 e. The molecule has 1 nitrogen and oxygen atoms in total. The zero-order valence-corrected chi connectivity index (χ0v) is 8.98. The second kappa shape index (κ2) is 4.84. The Hall–Kier alpha value is -1.07. The first kappa shape index (κ1) is 10.0. The fourth-order valence-corrected chi connectivity index (χ4v) is 1.17. The third-order valence-corrected chi connectivity index (χ3v) is 1.99. The maximum atomic E-state index is 3.05. The SMILES string of the molecule is CSC#Cc1ccc(N(C)C)cc1. The second-order valence-electron chi connectivity index (χ2n) is 2.87. The van der Waals surface area contributed by atoms with Gasteiger partial charge < -0.3 is 4.90 Å². The van der Waals surface area contributed by atoms with Crippen molar-refractivity contribution in [1.82, 2.24) is 0 Å². The zero-order valence-electron chi connectivity index (χ0n) is 8.16. The third kappa shape index (κ3) is 3.04. The lowest BCUT2D eigenvalue weighted by atomic mass is 10.2. The molecule has 0 N–H and O–H groups in total. The molecule has 1 aromatic rings. The van der Waals surface area contributed by atoms with Crippen LogP contribution in [0, 0.1) is 11.2 Å². The quantitative estimate of drug-likeness (QED) is 0.627. The van der Waals surface area contributed by atoms with Crippen LogP contribution in [0.25, 0.3) is 0 Å². The van der Waals surface area contributed by atoms with Gasteiger partial charge in [0.05, 0.1) is 0 Å². The van der Waals surface area contributed by atoms with E-state index in [4.69, 9.17) is 0 Å². The molecule has 0 fully saturated rings. The molecule has 0 unspecified atom stereocenters. The highest BCUT2D eigenvalue weighted by molar-refractivity contribution is 8.03. The van der Waals surface area contributed by atoms with E-state index in [1.165, 1.54) is 17.4 Å². The van der Waals surface area contributed by atoms with Crippen LogP contribution in [0.2, 0.25) is 0 Å². The van der Waals surface area contributed by atoms with E-state index in [1.807, 2.05) is 32.5 Å². The lowest BCUT2D eigenvalue weighted by molar-refractivity contribution is 1.13. The van der Waals surface area contributed by atoms with Gasteiger partial charge >= 0.3 is 0 Å². The van der Waals surface area contributed by atoms with Crippen molar-refractivity contribution in [3.05, 3.63) is 29.8 Å². The van der Waals surface area contributed by atoms with Gasteiger partial charge in [-0.1, -0.05) is 17.7 Å². The molecule has 2 heteroatoms. The highest BCUT2D eigenvalue weighted by Crippen LogP contribution is 2.11. The molecule has 0 aromatic heterocycles. The minimum absolute atomic E-state index is 1.07. The molecule has 1 rings (SSSR count). The maximum absolute atomic E-state index is 3.05. The fourth-order valence-electron chi connectivity index (χ4n) is 0.953. The molecule has 0 saturated carbocycles. The Morgan fingerprint density at radius 3 is 2.23 bits per heavy atom. The fraction of sp³-hybridized carbons (Fsp3) is 0.273. The van der Waals surface area contributed by atoms with Crippen molar-refractivity contribution in [2.24, 2.45) is 0 Å². The van der Waals surface area contributed by atoms with Gasteiger partial charge in [0, 0.05) is 25.3 Å². The van der Waals surface area contributed by atoms with Crippen molar-refractivity contribution in [2.45, 2.75) is 0 Å². The summed E-state index contributed by atoms with van der Waals surface area (Å²) in [6, 6.07) is 8.23. The average Bonchev–Trinajstić information content (AvgIpc) is 2.15. The highest BCUT2D eigenvalue weighted by atomic mass is 32.2. The second-order valence-corrected chi connectivity index (χ2v) is 3.48. The summed E-state index contributed by atoms with van der Waals surface area (Å²) >= 11 is 1.54. The van der Waals surface area contributed by atoms with Gasteiger partial charge in [0.2, 0.25) is 0 Å². The van der Waals surface area contributed by atoms with Gasteiger partial charge in [0.25, 0.3) is 0 Å². The molecule has 13 heavy (non-hydrogen) atoms. The van der Waals surface area contributed by atoms with Crippen molar-refractivity contribution in [3.8, 4) is 11.2 Å². The highest BCUT2D eigenvalue weighted by Gasteiger charge is 1.92. The number of nitrogens with zero attached hydrogens (tertiary/aromatic N) is 1. The van der Waals surface area contributed by atoms with Crippen molar-refractivity contribution in [1.29, 1.82) is 0 Å². The van der Waals surface area contributed by atoms with E-state index in [-0.39, 0.29) is 0 Å². The number of anilines is 1. The van der Waals surface area contributed by atoms with E-state index in [9.17, 15) is 0 Å². The van der Waals surface area contributed by atoms with E-state index >= 15 is 0 Å². The van der Waals surface area contributed by atoms with Gasteiger partial charge in [-0.3, -0.25) is 0 Å². The molecule has 0 spiro atoms. The van der Waals surface area contributed by atoms with Crippen molar-refractivity contribution in [3.63, 3.8) is 0 Å². The van der Waals surface area contributed by atoms with Gasteiger partial charge in [0.15, 0.2) is 0 Å². The van der Waals surface area contributed by atoms with Gasteiger partial charge in [0.1, 0.15) is 0 Å². The first-order valence-corrected chi connectivity index (χ1v) is 5.28. The normalized spacial score (nSPS) is 8.85. The average molecular weight is 191 g/mol. The van der Waals surface area contributed by atoms with Crippen LogP contribution in [0.15, 0.2) is 24.3 Å². The topological polar surface area (TPSA) is 3.24 Å². The van der Waals surface area contributed by atoms with Crippen LogP contribution in [-0.4, -0.2) is 20.4 Å². The number of rotatable bonds is 1. The predicted octanol–water partition coefficient (Wildman–Crippen LogP) is 2.42. The van der Waals surface area contributed by atoms with E-state index < -0.39 is 0 Å². The molecule has 0 atom stereocenters. The summed E-state index contributed by atoms with van der Waals surface area (Å²) in [5, 5.41) is 2.97. The number of thioether (sulfide) groups is 1. The summed E-state index contributed by atoms with van der Waals surface area (Å²) in [5.41, 5.74) is 2.27. The van der Waals surface area contributed by atoms with Gasteiger partial charge in [-0.15, -0.1) is 0 Å². The Morgan fingerprint density at radius 1 is 1.15 bits per heavy atom. The van der Waals surface area contributed by atoms with Gasteiger partial charge in [-0.25, -0.2) is 0 Å². The predicted molar refractivity (Wildman–Crippen MR) is 61.2 cm³/mol. The van der Waals surface area contributed by atoms with Crippen LogP contribution in [0.1, 0.15) is 5.56 Å². The molecule has 0 aliphatic carbocycles. The monoisotopic (exact) mass is 191 g/mol. The summed E-state index contributed by atoms with van der Waals surface area (Å²) in [6.45, 7) is 0. The molecular formula is C11H13NS. The maximum Gasteiger partial charge on any atom is 0.0361 e. The van der Waals surface area contributed by atoms with E-state index in [1.54, 1.807) is 0 Å². The van der Waals surface area contributed by atoms with Crippen LogP contribution in [0.5, 0.6) is 0 Å². The summed E-state index contributed by atoms with van der Waals surface area (Å²) in [6.07, 6.45) is 1.97. The Morgan fingerprint density at radius 2 is 1.77 bits per heavy atom. The molecule has 0 radical (unpaired) electrons. The van der Waals surface area contributed by atoms with Crippen LogP contribution in [0.3, 0.4) is 0 Å². The number of benzene rings is 1. The van der Waals surface area contributed by atoms with Crippen LogP contribution < -0.4 is 4.90 Å². The summed E-state index contributed by atoms with van der Waals surface area (Å²) in [4.78, 5) is 2.08. The standard InChI is InChI=1S/C11H13NS/c1-12(2)11-6-4-10(5-7-11)8-9-13-3/h4-7H,1-3H3. The summed E-state index contributed by atoms with van der Waals surface area (Å²) in [7, 11) is 4.06. The Balaban J connectivity index is 2.81. The van der Waals surface area contributed by atoms with Gasteiger partial charge in [-0.2, -0.15) is 0 Å². The first-order chi connectivity index (χ1) is 6.24. The zero-order chi connectivity index (χ0) is 9.68. The molecule has 1 aromatic carbocycles. The molecule has 0 bridgehead atoms. The first-order valence-electron chi connectivity index (χ1n) is 4.05. The molecule has 0 aliphatic heterocycles. The van der Waals surface area contributed by atoms with E-state index in [0.717, 1.165) is 5.56 Å². The van der Waals surface area contributed by atoms with Crippen LogP contribution in [0.4, 0.5) is 5.69 Å². The molecular weight excluding hydrogens is 178 g/mol. The van der Waals surface area contributed by atoms with E-state index in [0.29, 0.717) is 0 Å². The van der Waals surface area contributed by atoms with Crippen molar-refractivity contribution in [2.75, 3.05) is 25.3 Å². The molecule has 68 valence electrons.